The van der Waals surface area contributed by atoms with E-state index in [1.807, 2.05) is 36.5 Å². The van der Waals surface area contributed by atoms with Gasteiger partial charge in [0.05, 0.1) is 5.52 Å². The SMILES string of the molecule is N#Cc1cn2c(n1)c1ccccc1c1cccc(-c3ccccc3)c12. The Morgan fingerprint density at radius 3 is 2.28 bits per heavy atom. The van der Waals surface area contributed by atoms with Gasteiger partial charge >= 0.3 is 0 Å². The molecule has 5 rings (SSSR count). The number of para-hydroxylation sites is 1. The highest BCUT2D eigenvalue weighted by atomic mass is 15.0. The van der Waals surface area contributed by atoms with Crippen molar-refractivity contribution in [2.45, 2.75) is 0 Å². The van der Waals surface area contributed by atoms with E-state index in [1.54, 1.807) is 0 Å². The Labute approximate surface area is 144 Å². The standard InChI is InChI=1S/C22H13N3/c23-13-16-14-25-21-17(15-7-2-1-3-8-15)11-6-12-19(21)18-9-4-5-10-20(18)22(25)24-16/h1-12,14H. The van der Waals surface area contributed by atoms with Gasteiger partial charge in [-0.25, -0.2) is 4.98 Å². The lowest BCUT2D eigenvalue weighted by Gasteiger charge is -2.12. The molecule has 0 saturated heterocycles. The number of hydrogen-bond donors (Lipinski definition) is 0. The molecule has 0 bridgehead atoms. The van der Waals surface area contributed by atoms with E-state index in [0.717, 1.165) is 38.4 Å². The first-order valence-corrected chi connectivity index (χ1v) is 8.15. The van der Waals surface area contributed by atoms with Crippen molar-refractivity contribution in [1.29, 1.82) is 5.26 Å². The largest absolute Gasteiger partial charge is 0.297 e. The highest BCUT2D eigenvalue weighted by molar-refractivity contribution is 6.14. The second-order valence-electron chi connectivity index (χ2n) is 6.04. The van der Waals surface area contributed by atoms with Crippen LogP contribution in [0.5, 0.6) is 0 Å². The molecule has 0 saturated carbocycles. The molecule has 0 spiro atoms. The summed E-state index contributed by atoms with van der Waals surface area (Å²) < 4.78 is 2.05. The summed E-state index contributed by atoms with van der Waals surface area (Å²) in [4.78, 5) is 4.55. The van der Waals surface area contributed by atoms with E-state index >= 15 is 0 Å². The monoisotopic (exact) mass is 319 g/mol. The van der Waals surface area contributed by atoms with Crippen molar-refractivity contribution in [3.05, 3.63) is 84.7 Å². The molecule has 5 aromatic rings. The van der Waals surface area contributed by atoms with Crippen LogP contribution in [-0.2, 0) is 0 Å². The van der Waals surface area contributed by atoms with Crippen LogP contribution < -0.4 is 0 Å². The van der Waals surface area contributed by atoms with Gasteiger partial charge in [-0.2, -0.15) is 5.26 Å². The third-order valence-corrected chi connectivity index (χ3v) is 4.64. The molecule has 3 nitrogen and oxygen atoms in total. The molecular weight excluding hydrogens is 306 g/mol. The number of pyridine rings is 1. The van der Waals surface area contributed by atoms with Gasteiger partial charge in [-0.15, -0.1) is 0 Å². The maximum absolute atomic E-state index is 9.34. The molecule has 0 fully saturated rings. The molecule has 0 atom stereocenters. The van der Waals surface area contributed by atoms with Crippen LogP contribution in [0.2, 0.25) is 0 Å². The first kappa shape index (κ1) is 13.8. The minimum Gasteiger partial charge on any atom is -0.297 e. The number of nitrogens with zero attached hydrogens (tertiary/aromatic N) is 3. The number of benzene rings is 3. The fraction of sp³-hybridized carbons (Fsp3) is 0. The minimum absolute atomic E-state index is 0.431. The van der Waals surface area contributed by atoms with Gasteiger partial charge in [-0.3, -0.25) is 4.40 Å². The predicted molar refractivity (Wildman–Crippen MR) is 100 cm³/mol. The fourth-order valence-electron chi connectivity index (χ4n) is 3.58. The first-order valence-electron chi connectivity index (χ1n) is 8.15. The van der Waals surface area contributed by atoms with E-state index in [9.17, 15) is 5.26 Å². The van der Waals surface area contributed by atoms with Crippen LogP contribution in [0.4, 0.5) is 0 Å². The summed E-state index contributed by atoms with van der Waals surface area (Å²) >= 11 is 0. The molecule has 2 aromatic heterocycles. The summed E-state index contributed by atoms with van der Waals surface area (Å²) in [5.74, 6) is 0. The van der Waals surface area contributed by atoms with Gasteiger partial charge in [0.1, 0.15) is 11.7 Å². The molecule has 3 aromatic carbocycles. The van der Waals surface area contributed by atoms with Crippen molar-refractivity contribution in [3.63, 3.8) is 0 Å². The van der Waals surface area contributed by atoms with E-state index in [2.05, 4.69) is 57.9 Å². The lowest BCUT2D eigenvalue weighted by Crippen LogP contribution is -1.93. The van der Waals surface area contributed by atoms with E-state index in [0.29, 0.717) is 5.69 Å². The maximum Gasteiger partial charge on any atom is 0.159 e. The number of aromatic nitrogens is 2. The molecule has 0 N–H and O–H groups in total. The minimum atomic E-state index is 0.431. The van der Waals surface area contributed by atoms with E-state index < -0.39 is 0 Å². The van der Waals surface area contributed by atoms with Crippen molar-refractivity contribution >= 4 is 27.3 Å². The zero-order chi connectivity index (χ0) is 16.8. The molecular formula is C22H13N3. The van der Waals surface area contributed by atoms with Gasteiger partial charge in [0.2, 0.25) is 0 Å². The molecule has 3 heteroatoms. The van der Waals surface area contributed by atoms with Crippen LogP contribution in [0.1, 0.15) is 5.69 Å². The van der Waals surface area contributed by atoms with Crippen molar-refractivity contribution in [2.75, 3.05) is 0 Å². The summed E-state index contributed by atoms with van der Waals surface area (Å²) in [5.41, 5.74) is 4.62. The Hall–Kier alpha value is -3.64. The Bertz CT molecular complexity index is 1290. The number of fused-ring (bicyclic) bond motifs is 6. The van der Waals surface area contributed by atoms with Gasteiger partial charge in [-0.1, -0.05) is 72.8 Å². The second-order valence-corrected chi connectivity index (χ2v) is 6.04. The third kappa shape index (κ3) is 1.95. The van der Waals surface area contributed by atoms with Crippen LogP contribution in [0.15, 0.2) is 79.0 Å². The molecule has 116 valence electrons. The van der Waals surface area contributed by atoms with Gasteiger partial charge in [0.15, 0.2) is 5.69 Å². The molecule has 0 amide bonds. The summed E-state index contributed by atoms with van der Waals surface area (Å²) in [7, 11) is 0. The van der Waals surface area contributed by atoms with Crippen molar-refractivity contribution < 1.29 is 0 Å². The van der Waals surface area contributed by atoms with Crippen molar-refractivity contribution in [2.24, 2.45) is 0 Å². The van der Waals surface area contributed by atoms with Crippen molar-refractivity contribution in [3.8, 4) is 17.2 Å². The molecule has 0 unspecified atom stereocenters. The molecule has 0 radical (unpaired) electrons. The summed E-state index contributed by atoms with van der Waals surface area (Å²) in [5, 5.41) is 12.7. The highest BCUT2D eigenvalue weighted by Crippen LogP contribution is 2.35. The molecule has 0 aliphatic rings. The number of hydrogen-bond acceptors (Lipinski definition) is 2. The van der Waals surface area contributed by atoms with Crippen LogP contribution in [0.3, 0.4) is 0 Å². The zero-order valence-corrected chi connectivity index (χ0v) is 13.3. The molecule has 0 aliphatic heterocycles. The lowest BCUT2D eigenvalue weighted by molar-refractivity contribution is 1.27. The number of nitriles is 1. The van der Waals surface area contributed by atoms with Crippen LogP contribution in [-0.4, -0.2) is 9.38 Å². The average molecular weight is 319 g/mol. The third-order valence-electron chi connectivity index (χ3n) is 4.64. The van der Waals surface area contributed by atoms with Crippen molar-refractivity contribution in [1.82, 2.24) is 9.38 Å². The van der Waals surface area contributed by atoms with E-state index in [4.69, 9.17) is 0 Å². The van der Waals surface area contributed by atoms with Gasteiger partial charge in [-0.05, 0) is 10.9 Å². The molecule has 0 aliphatic carbocycles. The fourth-order valence-corrected chi connectivity index (χ4v) is 3.58. The topological polar surface area (TPSA) is 41.1 Å². The quantitative estimate of drug-likeness (QED) is 0.399. The normalized spacial score (nSPS) is 11.2. The molecule has 2 heterocycles. The van der Waals surface area contributed by atoms with E-state index in [1.165, 1.54) is 0 Å². The Balaban J connectivity index is 2.08. The highest BCUT2D eigenvalue weighted by Gasteiger charge is 2.14. The van der Waals surface area contributed by atoms with Crippen LogP contribution in [0, 0.1) is 11.3 Å². The Kier molecular flexibility index (Phi) is 2.86. The van der Waals surface area contributed by atoms with Gasteiger partial charge < -0.3 is 0 Å². The Morgan fingerprint density at radius 1 is 0.760 bits per heavy atom. The smallest absolute Gasteiger partial charge is 0.159 e. The van der Waals surface area contributed by atoms with Crippen LogP contribution >= 0.6 is 0 Å². The van der Waals surface area contributed by atoms with Gasteiger partial charge in [0, 0.05) is 22.5 Å². The number of rotatable bonds is 1. The maximum atomic E-state index is 9.34. The zero-order valence-electron chi connectivity index (χ0n) is 13.3. The summed E-state index contributed by atoms with van der Waals surface area (Å²) in [6.07, 6.45) is 1.83. The average Bonchev–Trinajstić information content (AvgIpc) is 3.13. The molecule has 25 heavy (non-hydrogen) atoms. The van der Waals surface area contributed by atoms with Crippen LogP contribution in [0.25, 0.3) is 38.4 Å². The second kappa shape index (κ2) is 5.19. The lowest BCUT2D eigenvalue weighted by atomic mass is 9.98. The van der Waals surface area contributed by atoms with E-state index in [-0.39, 0.29) is 0 Å². The summed E-state index contributed by atoms with van der Waals surface area (Å²) in [6, 6.07) is 27.1. The number of imidazole rings is 1. The Morgan fingerprint density at radius 2 is 1.48 bits per heavy atom. The summed E-state index contributed by atoms with van der Waals surface area (Å²) in [6.45, 7) is 0. The predicted octanol–water partition coefficient (Wildman–Crippen LogP) is 5.18. The van der Waals surface area contributed by atoms with Gasteiger partial charge in [0.25, 0.3) is 0 Å². The first-order chi connectivity index (χ1) is 12.4.